The van der Waals surface area contributed by atoms with E-state index in [2.05, 4.69) is 25.9 Å². The zero-order valence-corrected chi connectivity index (χ0v) is 14.1. The molecule has 2 heterocycles. The van der Waals surface area contributed by atoms with Crippen molar-refractivity contribution in [2.24, 2.45) is 11.8 Å². The van der Waals surface area contributed by atoms with E-state index in [4.69, 9.17) is 4.74 Å². The van der Waals surface area contributed by atoms with Gasteiger partial charge in [0.15, 0.2) is 0 Å². The van der Waals surface area contributed by atoms with Crippen LogP contribution in [0.2, 0.25) is 0 Å². The number of carboxylic acids is 1. The summed E-state index contributed by atoms with van der Waals surface area (Å²) in [6, 6.07) is 3.76. The molecule has 9 heteroatoms. The molecule has 1 saturated heterocycles. The molecule has 1 aromatic heterocycles. The van der Waals surface area contributed by atoms with E-state index in [9.17, 15) is 14.3 Å². The van der Waals surface area contributed by atoms with Crippen molar-refractivity contribution in [2.75, 3.05) is 6.54 Å². The summed E-state index contributed by atoms with van der Waals surface area (Å²) in [4.78, 5) is 11.3. The van der Waals surface area contributed by atoms with Crippen molar-refractivity contribution in [3.63, 3.8) is 0 Å². The fourth-order valence-electron chi connectivity index (χ4n) is 4.05. The lowest BCUT2D eigenvalue weighted by Crippen LogP contribution is -2.50. The van der Waals surface area contributed by atoms with Gasteiger partial charge in [-0.15, -0.1) is 10.2 Å². The highest BCUT2D eigenvalue weighted by molar-refractivity contribution is 5.73. The number of H-pyrrole nitrogens is 1. The summed E-state index contributed by atoms with van der Waals surface area (Å²) in [6.45, 7) is 0.735. The molecule has 138 valence electrons. The van der Waals surface area contributed by atoms with E-state index in [0.29, 0.717) is 29.6 Å². The highest BCUT2D eigenvalue weighted by Crippen LogP contribution is 2.38. The lowest BCUT2D eigenvalue weighted by Gasteiger charge is -2.41. The Morgan fingerprint density at radius 2 is 2.15 bits per heavy atom. The van der Waals surface area contributed by atoms with Crippen LogP contribution in [0.3, 0.4) is 0 Å². The van der Waals surface area contributed by atoms with Crippen LogP contribution in [0, 0.1) is 17.7 Å². The molecule has 26 heavy (non-hydrogen) atoms. The maximum absolute atomic E-state index is 13.7. The van der Waals surface area contributed by atoms with Gasteiger partial charge in [0.05, 0.1) is 11.7 Å². The van der Waals surface area contributed by atoms with Crippen LogP contribution in [-0.4, -0.2) is 50.4 Å². The average molecular weight is 361 g/mol. The third-order valence-electron chi connectivity index (χ3n) is 5.38. The van der Waals surface area contributed by atoms with E-state index in [1.54, 1.807) is 6.07 Å². The maximum atomic E-state index is 13.7. The monoisotopic (exact) mass is 361 g/mol. The number of hydrogen-bond donors (Lipinski definition) is 3. The van der Waals surface area contributed by atoms with E-state index in [0.717, 1.165) is 25.8 Å². The van der Waals surface area contributed by atoms with Crippen LogP contribution < -0.4 is 10.1 Å². The van der Waals surface area contributed by atoms with Gasteiger partial charge in [-0.3, -0.25) is 4.79 Å². The molecule has 1 aromatic carbocycles. The van der Waals surface area contributed by atoms with Gasteiger partial charge in [0.2, 0.25) is 5.82 Å². The number of aliphatic carboxylic acids is 1. The first-order valence-electron chi connectivity index (χ1n) is 8.76. The van der Waals surface area contributed by atoms with Gasteiger partial charge in [-0.1, -0.05) is 0 Å². The van der Waals surface area contributed by atoms with Crippen LogP contribution in [0.1, 0.15) is 25.7 Å². The number of fused-ring (bicyclic) bond motifs is 1. The average Bonchev–Trinajstić information content (AvgIpc) is 3.17. The predicted molar refractivity (Wildman–Crippen MR) is 88.9 cm³/mol. The van der Waals surface area contributed by atoms with Crippen LogP contribution in [0.5, 0.6) is 5.75 Å². The molecule has 1 aliphatic carbocycles. The van der Waals surface area contributed by atoms with Crippen LogP contribution in [0.25, 0.3) is 11.4 Å². The Morgan fingerprint density at radius 3 is 2.92 bits per heavy atom. The molecule has 1 aliphatic heterocycles. The highest BCUT2D eigenvalue weighted by Gasteiger charge is 2.38. The highest BCUT2D eigenvalue weighted by atomic mass is 19.1. The molecular weight excluding hydrogens is 341 g/mol. The Bertz CT molecular complexity index is 785. The fourth-order valence-corrected chi connectivity index (χ4v) is 4.05. The van der Waals surface area contributed by atoms with E-state index >= 15 is 0 Å². The zero-order chi connectivity index (χ0) is 18.1. The molecule has 3 N–H and O–H groups in total. The summed E-state index contributed by atoms with van der Waals surface area (Å²) in [6.07, 6.45) is 3.22. The number of aromatic amines is 1. The first kappa shape index (κ1) is 16.9. The van der Waals surface area contributed by atoms with Crippen molar-refractivity contribution < 1.29 is 19.0 Å². The summed E-state index contributed by atoms with van der Waals surface area (Å²) < 4.78 is 19.8. The van der Waals surface area contributed by atoms with Gasteiger partial charge >= 0.3 is 5.97 Å². The molecule has 8 nitrogen and oxygen atoms in total. The molecule has 0 bridgehead atoms. The molecule has 4 atom stereocenters. The van der Waals surface area contributed by atoms with Crippen LogP contribution >= 0.6 is 0 Å². The van der Waals surface area contributed by atoms with Crippen molar-refractivity contribution in [3.05, 3.63) is 24.0 Å². The first-order valence-corrected chi connectivity index (χ1v) is 8.76. The zero-order valence-electron chi connectivity index (χ0n) is 14.1. The van der Waals surface area contributed by atoms with Gasteiger partial charge < -0.3 is 15.2 Å². The summed E-state index contributed by atoms with van der Waals surface area (Å²) in [5, 5.41) is 26.0. The van der Waals surface area contributed by atoms with E-state index in [1.165, 1.54) is 12.1 Å². The molecule has 0 amide bonds. The second kappa shape index (κ2) is 6.99. The van der Waals surface area contributed by atoms with E-state index in [-0.39, 0.29) is 11.9 Å². The van der Waals surface area contributed by atoms with Crippen molar-refractivity contribution in [1.82, 2.24) is 25.9 Å². The van der Waals surface area contributed by atoms with Crippen LogP contribution in [0.4, 0.5) is 4.39 Å². The largest absolute Gasteiger partial charge is 0.490 e. The molecule has 2 aromatic rings. The number of rotatable bonds is 4. The number of carboxylic acid groups (broad SMARTS) is 1. The Kier molecular flexibility index (Phi) is 4.54. The summed E-state index contributed by atoms with van der Waals surface area (Å²) >= 11 is 0. The third-order valence-corrected chi connectivity index (χ3v) is 5.38. The minimum absolute atomic E-state index is 0.0418. The lowest BCUT2D eigenvalue weighted by molar-refractivity contribution is -0.141. The van der Waals surface area contributed by atoms with Gasteiger partial charge in [-0.25, -0.2) is 4.39 Å². The number of nitrogens with zero attached hydrogens (tertiary/aromatic N) is 3. The smallest absolute Gasteiger partial charge is 0.320 e. The summed E-state index contributed by atoms with van der Waals surface area (Å²) in [7, 11) is 0. The van der Waals surface area contributed by atoms with Crippen molar-refractivity contribution in [2.45, 2.75) is 37.8 Å². The molecule has 1 saturated carbocycles. The van der Waals surface area contributed by atoms with Gasteiger partial charge in [0.1, 0.15) is 17.6 Å². The van der Waals surface area contributed by atoms with E-state index < -0.39 is 17.8 Å². The van der Waals surface area contributed by atoms with Crippen molar-refractivity contribution in [3.8, 4) is 17.1 Å². The minimum Gasteiger partial charge on any atom is -0.490 e. The number of carbonyl (C=O) groups is 1. The van der Waals surface area contributed by atoms with Gasteiger partial charge in [-0.2, -0.15) is 5.21 Å². The second-order valence-corrected chi connectivity index (χ2v) is 6.98. The lowest BCUT2D eigenvalue weighted by atomic mass is 9.72. The summed E-state index contributed by atoms with van der Waals surface area (Å²) in [5.74, 6) is 0.384. The van der Waals surface area contributed by atoms with Crippen molar-refractivity contribution in [1.29, 1.82) is 0 Å². The number of piperidine rings is 1. The number of nitrogens with one attached hydrogen (secondary N) is 2. The fraction of sp³-hybridized carbons (Fsp3) is 0.529. The molecule has 0 spiro atoms. The number of benzene rings is 1. The standard InChI is InChI=1S/C17H20FN5O3/c18-11-2-4-15(13(7-11)16-20-22-23-21-16)26-12-3-1-9-8-19-14(17(24)25)6-10(9)5-12/h2,4,7,9-10,12,14,19H,1,3,5-6,8H2,(H,24,25)(H,20,21,22,23)/t9-,10+,12-,14-/m0/s1. The molecule has 0 radical (unpaired) electrons. The molecule has 2 aliphatic rings. The Hall–Kier alpha value is -2.55. The Labute approximate surface area is 149 Å². The minimum atomic E-state index is -0.801. The Balaban J connectivity index is 1.49. The van der Waals surface area contributed by atoms with Crippen LogP contribution in [-0.2, 0) is 4.79 Å². The third kappa shape index (κ3) is 3.39. The van der Waals surface area contributed by atoms with Crippen LogP contribution in [0.15, 0.2) is 18.2 Å². The van der Waals surface area contributed by atoms with Gasteiger partial charge in [-0.05, 0) is 67.5 Å². The predicted octanol–water partition coefficient (Wildman–Crippen LogP) is 1.62. The number of tetrazole rings is 1. The topological polar surface area (TPSA) is 113 Å². The molecule has 2 fully saturated rings. The normalized spacial score (nSPS) is 28.3. The number of aromatic nitrogens is 4. The Morgan fingerprint density at radius 1 is 1.27 bits per heavy atom. The molecule has 4 rings (SSSR count). The molecular formula is C17H20FN5O3. The number of ether oxygens (including phenoxy) is 1. The maximum Gasteiger partial charge on any atom is 0.320 e. The van der Waals surface area contributed by atoms with Crippen molar-refractivity contribution >= 4 is 5.97 Å². The SMILES string of the molecule is O=C(O)[C@@H]1C[C@H]2C[C@@H](Oc3ccc(F)cc3-c3nn[nH]n3)CC[C@H]2CN1. The molecule has 0 unspecified atom stereocenters. The summed E-state index contributed by atoms with van der Waals surface area (Å²) in [5.41, 5.74) is 0.453. The number of hydrogen-bond acceptors (Lipinski definition) is 6. The van der Waals surface area contributed by atoms with Gasteiger partial charge in [0, 0.05) is 0 Å². The first-order chi connectivity index (χ1) is 12.6. The van der Waals surface area contributed by atoms with E-state index in [1.807, 2.05) is 0 Å². The van der Waals surface area contributed by atoms with Gasteiger partial charge in [0.25, 0.3) is 0 Å². The second-order valence-electron chi connectivity index (χ2n) is 6.98. The number of halogens is 1. The quantitative estimate of drug-likeness (QED) is 0.758.